The van der Waals surface area contributed by atoms with Gasteiger partial charge in [0.1, 0.15) is 10.2 Å². The zero-order valence-corrected chi connectivity index (χ0v) is 9.44. The summed E-state index contributed by atoms with van der Waals surface area (Å²) >= 11 is 7.23. The first-order valence-electron chi connectivity index (χ1n) is 3.37. The minimum absolute atomic E-state index is 0.163. The van der Waals surface area contributed by atoms with Crippen molar-refractivity contribution in [2.45, 2.75) is 18.9 Å². The number of nitrogens with zero attached hydrogens (tertiary/aromatic N) is 2. The van der Waals surface area contributed by atoms with Crippen LogP contribution in [-0.4, -0.2) is 22.1 Å². The molecule has 0 radical (unpaired) electrons. The molecule has 0 aromatic carbocycles. The monoisotopic (exact) mass is 342 g/mol. The van der Waals surface area contributed by atoms with Crippen molar-refractivity contribution in [1.29, 1.82) is 0 Å². The van der Waals surface area contributed by atoms with Gasteiger partial charge in [0.15, 0.2) is 0 Å². The Balaban J connectivity index is 2.78. The van der Waals surface area contributed by atoms with E-state index in [-0.39, 0.29) is 5.02 Å². The summed E-state index contributed by atoms with van der Waals surface area (Å²) in [5.74, 6) is -4.08. The van der Waals surface area contributed by atoms with Gasteiger partial charge < -0.3 is 0 Å². The van der Waals surface area contributed by atoms with Crippen LogP contribution in [0.1, 0.15) is 0 Å². The van der Waals surface area contributed by atoms with Crippen LogP contribution >= 0.6 is 34.2 Å². The first kappa shape index (κ1) is 12.0. The van der Waals surface area contributed by atoms with Crippen LogP contribution in [0.25, 0.3) is 0 Å². The molecular formula is C6H4ClF4IN2. The number of alkyl halides is 4. The average molecular weight is 342 g/mol. The third kappa shape index (κ3) is 2.72. The third-order valence-corrected chi connectivity index (χ3v) is 2.76. The lowest BCUT2D eigenvalue weighted by Gasteiger charge is -2.14. The Morgan fingerprint density at radius 1 is 1.57 bits per heavy atom. The Hall–Kier alpha value is -0.0500. The summed E-state index contributed by atoms with van der Waals surface area (Å²) in [4.78, 5) is 0. The summed E-state index contributed by atoms with van der Waals surface area (Å²) in [5.41, 5.74) is 0. The van der Waals surface area contributed by atoms with Crippen molar-refractivity contribution in [2.75, 3.05) is 0 Å². The van der Waals surface area contributed by atoms with Crippen molar-refractivity contribution in [1.82, 2.24) is 9.78 Å². The molecule has 0 aliphatic carbocycles. The van der Waals surface area contributed by atoms with Crippen molar-refractivity contribution in [3.05, 3.63) is 14.9 Å². The van der Waals surface area contributed by atoms with Crippen LogP contribution < -0.4 is 0 Å². The molecule has 2 nitrogen and oxygen atoms in total. The molecule has 0 bridgehead atoms. The van der Waals surface area contributed by atoms with E-state index in [0.29, 0.717) is 8.38 Å². The van der Waals surface area contributed by atoms with Crippen LogP contribution in [-0.2, 0) is 6.54 Å². The number of aromatic nitrogens is 2. The Morgan fingerprint density at radius 2 is 2.14 bits per heavy atom. The molecule has 0 saturated carbocycles. The van der Waals surface area contributed by atoms with Crippen molar-refractivity contribution in [2.24, 2.45) is 0 Å². The Kier molecular flexibility index (Phi) is 3.62. The molecule has 0 aliphatic heterocycles. The van der Waals surface area contributed by atoms with Crippen molar-refractivity contribution < 1.29 is 17.6 Å². The van der Waals surface area contributed by atoms with Gasteiger partial charge in [-0.1, -0.05) is 11.6 Å². The Morgan fingerprint density at radius 3 is 2.50 bits per heavy atom. The molecule has 1 aromatic rings. The van der Waals surface area contributed by atoms with Gasteiger partial charge in [-0.3, -0.25) is 4.68 Å². The van der Waals surface area contributed by atoms with E-state index in [1.165, 1.54) is 0 Å². The van der Waals surface area contributed by atoms with Gasteiger partial charge in [-0.05, 0) is 22.6 Å². The van der Waals surface area contributed by atoms with Crippen LogP contribution in [0, 0.1) is 3.70 Å². The predicted octanol–water partition coefficient (Wildman–Crippen LogP) is 3.04. The minimum Gasteiger partial charge on any atom is -0.264 e. The first-order valence-corrected chi connectivity index (χ1v) is 4.83. The maximum Gasteiger partial charge on any atom is 0.326 e. The lowest BCUT2D eigenvalue weighted by atomic mass is 10.3. The fourth-order valence-corrected chi connectivity index (χ4v) is 1.31. The molecule has 0 amide bonds. The second kappa shape index (κ2) is 4.21. The standard InChI is InChI=1S/C6H4ClF4IN2/c7-3-1-14(13-4(3)12)2-6(10,11)5(8)9/h1,5H,2H2. The van der Waals surface area contributed by atoms with Crippen molar-refractivity contribution in [3.8, 4) is 0 Å². The fraction of sp³-hybridized carbons (Fsp3) is 0.500. The molecule has 0 saturated heterocycles. The topological polar surface area (TPSA) is 17.8 Å². The van der Waals surface area contributed by atoms with E-state index in [0.717, 1.165) is 6.20 Å². The zero-order valence-electron chi connectivity index (χ0n) is 6.52. The van der Waals surface area contributed by atoms with Crippen LogP contribution in [0.15, 0.2) is 6.20 Å². The van der Waals surface area contributed by atoms with Gasteiger partial charge in [0.25, 0.3) is 0 Å². The maximum absolute atomic E-state index is 12.5. The number of rotatable bonds is 3. The van der Waals surface area contributed by atoms with Crippen LogP contribution in [0.5, 0.6) is 0 Å². The SMILES string of the molecule is FC(F)C(F)(F)Cn1cc(Cl)c(I)n1. The van der Waals surface area contributed by atoms with E-state index in [2.05, 4.69) is 5.10 Å². The van der Waals surface area contributed by atoms with Gasteiger partial charge in [0, 0.05) is 6.20 Å². The molecule has 0 fully saturated rings. The number of hydrogen-bond acceptors (Lipinski definition) is 1. The summed E-state index contributed by atoms with van der Waals surface area (Å²) in [5, 5.41) is 3.70. The summed E-state index contributed by atoms with van der Waals surface area (Å²) in [6, 6.07) is 0. The third-order valence-electron chi connectivity index (χ3n) is 1.37. The second-order valence-corrected chi connectivity index (χ2v) is 3.96. The summed E-state index contributed by atoms with van der Waals surface area (Å²) < 4.78 is 49.6. The molecule has 1 aromatic heterocycles. The highest BCUT2D eigenvalue weighted by Gasteiger charge is 2.41. The molecule has 0 unspecified atom stereocenters. The van der Waals surface area contributed by atoms with Gasteiger partial charge >= 0.3 is 12.3 Å². The quantitative estimate of drug-likeness (QED) is 0.610. The highest BCUT2D eigenvalue weighted by atomic mass is 127. The van der Waals surface area contributed by atoms with Gasteiger partial charge in [0.05, 0.1) is 5.02 Å². The van der Waals surface area contributed by atoms with E-state index in [4.69, 9.17) is 11.6 Å². The molecule has 0 N–H and O–H groups in total. The van der Waals surface area contributed by atoms with E-state index in [1.54, 1.807) is 22.6 Å². The molecule has 14 heavy (non-hydrogen) atoms. The van der Waals surface area contributed by atoms with Crippen molar-refractivity contribution >= 4 is 34.2 Å². The average Bonchev–Trinajstić information content (AvgIpc) is 2.29. The molecule has 0 aliphatic rings. The highest BCUT2D eigenvalue weighted by molar-refractivity contribution is 14.1. The Labute approximate surface area is 95.4 Å². The number of hydrogen-bond donors (Lipinski definition) is 0. The smallest absolute Gasteiger partial charge is 0.264 e. The summed E-state index contributed by atoms with van der Waals surface area (Å²) in [6.07, 6.45) is -2.62. The highest BCUT2D eigenvalue weighted by Crippen LogP contribution is 2.25. The van der Waals surface area contributed by atoms with E-state index in [1.807, 2.05) is 0 Å². The molecule has 1 rings (SSSR count). The van der Waals surface area contributed by atoms with Gasteiger partial charge in [-0.15, -0.1) is 0 Å². The van der Waals surface area contributed by atoms with Gasteiger partial charge in [-0.25, -0.2) is 8.78 Å². The Bertz CT molecular complexity index is 308. The minimum atomic E-state index is -4.08. The van der Waals surface area contributed by atoms with E-state index in [9.17, 15) is 17.6 Å². The first-order chi connectivity index (χ1) is 6.33. The molecule has 80 valence electrons. The molecule has 8 heteroatoms. The largest absolute Gasteiger partial charge is 0.326 e. The van der Waals surface area contributed by atoms with Crippen LogP contribution in [0.2, 0.25) is 5.02 Å². The fourth-order valence-electron chi connectivity index (χ4n) is 0.739. The van der Waals surface area contributed by atoms with Gasteiger partial charge in [-0.2, -0.15) is 13.9 Å². The van der Waals surface area contributed by atoms with Crippen LogP contribution in [0.4, 0.5) is 17.6 Å². The molecule has 1 heterocycles. The summed E-state index contributed by atoms with van der Waals surface area (Å²) in [7, 11) is 0. The zero-order chi connectivity index (χ0) is 10.9. The van der Waals surface area contributed by atoms with E-state index < -0.39 is 18.9 Å². The van der Waals surface area contributed by atoms with Crippen LogP contribution in [0.3, 0.4) is 0 Å². The normalized spacial score (nSPS) is 12.5. The lowest BCUT2D eigenvalue weighted by molar-refractivity contribution is -0.139. The lowest BCUT2D eigenvalue weighted by Crippen LogP contribution is -2.32. The molecule has 0 atom stereocenters. The summed E-state index contributed by atoms with van der Waals surface area (Å²) in [6.45, 7) is -1.17. The van der Waals surface area contributed by atoms with E-state index >= 15 is 0 Å². The maximum atomic E-state index is 12.5. The van der Waals surface area contributed by atoms with Crippen molar-refractivity contribution in [3.63, 3.8) is 0 Å². The molecular weight excluding hydrogens is 338 g/mol. The second-order valence-electron chi connectivity index (χ2n) is 2.53. The molecule has 0 spiro atoms. The predicted molar refractivity (Wildman–Crippen MR) is 50.9 cm³/mol. The number of halogens is 6. The van der Waals surface area contributed by atoms with Gasteiger partial charge in [0.2, 0.25) is 0 Å².